The molecule has 0 radical (unpaired) electrons. The second-order valence-electron chi connectivity index (χ2n) is 14.8. The normalized spacial score (nSPS) is 11.4. The largest absolute Gasteiger partial charge is 0.248 e. The van der Waals surface area contributed by atoms with Gasteiger partial charge in [0.2, 0.25) is 0 Å². The van der Waals surface area contributed by atoms with Crippen molar-refractivity contribution in [2.45, 2.75) is 0 Å². The number of benzene rings is 9. The van der Waals surface area contributed by atoms with Gasteiger partial charge in [-0.2, -0.15) is 0 Å². The third kappa shape index (κ3) is 6.16. The average Bonchev–Trinajstić information content (AvgIpc) is 3.31. The van der Waals surface area contributed by atoms with Crippen molar-refractivity contribution in [1.82, 2.24) is 15.0 Å². The van der Waals surface area contributed by atoms with Gasteiger partial charge in [-0.15, -0.1) is 0 Å². The lowest BCUT2D eigenvalue weighted by Gasteiger charge is -2.14. The lowest BCUT2D eigenvalue weighted by atomic mass is 9.94. The molecular weight excluding hydrogens is 703 g/mol. The molecule has 0 saturated heterocycles. The summed E-state index contributed by atoms with van der Waals surface area (Å²) >= 11 is 0. The molecule has 0 bridgehead atoms. The minimum atomic E-state index is 0.703. The van der Waals surface area contributed by atoms with E-state index in [0.29, 0.717) is 5.82 Å². The number of hydrogen-bond donors (Lipinski definition) is 0. The van der Waals surface area contributed by atoms with Gasteiger partial charge in [-0.3, -0.25) is 0 Å². The van der Waals surface area contributed by atoms with Crippen LogP contribution in [0, 0.1) is 0 Å². The third-order valence-corrected chi connectivity index (χ3v) is 11.2. The van der Waals surface area contributed by atoms with Crippen molar-refractivity contribution < 1.29 is 0 Å². The standard InChI is InChI=1S/C55H35N3/c1-2-13-39(14-3-1)49-34-51(56-50-30-29-40-15-8-9-20-48(40)54(49)50)45-19-10-18-44(31-45)38-21-25-41(26-22-38)52-35-53(46-27-23-36-11-4-6-16-42(36)32-46)58-55(57-52)47-28-24-37-12-5-7-17-43(37)33-47/h1-35H. The Hall–Kier alpha value is -7.75. The molecule has 0 fully saturated rings. The van der Waals surface area contributed by atoms with Gasteiger partial charge in [-0.1, -0.05) is 176 Å². The van der Waals surface area contributed by atoms with Crippen LogP contribution in [-0.4, -0.2) is 15.0 Å². The maximum Gasteiger partial charge on any atom is 0.160 e. The van der Waals surface area contributed by atoms with E-state index in [1.807, 2.05) is 0 Å². The predicted octanol–water partition coefficient (Wildman–Crippen LogP) is 14.5. The van der Waals surface area contributed by atoms with E-state index in [9.17, 15) is 0 Å². The highest BCUT2D eigenvalue weighted by Gasteiger charge is 2.15. The molecule has 0 saturated carbocycles. The summed E-state index contributed by atoms with van der Waals surface area (Å²) in [6, 6.07) is 75.2. The predicted molar refractivity (Wildman–Crippen MR) is 242 cm³/mol. The zero-order valence-electron chi connectivity index (χ0n) is 31.5. The Labute approximate surface area is 336 Å². The highest BCUT2D eigenvalue weighted by atomic mass is 14.9. The average molecular weight is 738 g/mol. The van der Waals surface area contributed by atoms with Crippen molar-refractivity contribution >= 4 is 43.2 Å². The fourth-order valence-electron chi connectivity index (χ4n) is 8.24. The highest BCUT2D eigenvalue weighted by Crippen LogP contribution is 2.38. The first-order chi connectivity index (χ1) is 28.7. The summed E-state index contributed by atoms with van der Waals surface area (Å²) in [6.07, 6.45) is 0. The molecule has 3 nitrogen and oxygen atoms in total. The molecule has 0 aliphatic carbocycles. The van der Waals surface area contributed by atoms with Crippen LogP contribution >= 0.6 is 0 Å². The van der Waals surface area contributed by atoms with Crippen molar-refractivity contribution in [2.75, 3.05) is 0 Å². The van der Waals surface area contributed by atoms with Crippen molar-refractivity contribution in [2.24, 2.45) is 0 Å². The summed E-state index contributed by atoms with van der Waals surface area (Å²) in [5.74, 6) is 0.703. The summed E-state index contributed by atoms with van der Waals surface area (Å²) in [5.41, 5.74) is 12.5. The van der Waals surface area contributed by atoms with Crippen molar-refractivity contribution in [3.05, 3.63) is 212 Å². The molecule has 0 amide bonds. The molecule has 2 heterocycles. The van der Waals surface area contributed by atoms with Gasteiger partial charge in [0, 0.05) is 27.6 Å². The van der Waals surface area contributed by atoms with Crippen LogP contribution in [0.3, 0.4) is 0 Å². The summed E-state index contributed by atoms with van der Waals surface area (Å²) in [5, 5.41) is 8.35. The first kappa shape index (κ1) is 33.6. The number of rotatable bonds is 6. The van der Waals surface area contributed by atoms with Gasteiger partial charge in [0.25, 0.3) is 0 Å². The Kier molecular flexibility index (Phi) is 8.15. The fourth-order valence-corrected chi connectivity index (χ4v) is 8.24. The molecule has 3 heteroatoms. The first-order valence-electron chi connectivity index (χ1n) is 19.7. The van der Waals surface area contributed by atoms with Crippen LogP contribution in [0.1, 0.15) is 0 Å². The van der Waals surface area contributed by atoms with Gasteiger partial charge < -0.3 is 0 Å². The molecule has 11 aromatic rings. The molecule has 0 N–H and O–H groups in total. The minimum absolute atomic E-state index is 0.703. The summed E-state index contributed by atoms with van der Waals surface area (Å²) in [7, 11) is 0. The molecule has 0 aliphatic heterocycles. The zero-order chi connectivity index (χ0) is 38.4. The van der Waals surface area contributed by atoms with Crippen LogP contribution in [0.2, 0.25) is 0 Å². The topological polar surface area (TPSA) is 38.7 Å². The van der Waals surface area contributed by atoms with Gasteiger partial charge in [0.1, 0.15) is 0 Å². The fraction of sp³-hybridized carbons (Fsp3) is 0. The molecule has 2 aromatic heterocycles. The second-order valence-corrected chi connectivity index (χ2v) is 14.8. The summed E-state index contributed by atoms with van der Waals surface area (Å²) < 4.78 is 0. The maximum absolute atomic E-state index is 5.26. The van der Waals surface area contributed by atoms with E-state index in [0.717, 1.165) is 61.4 Å². The van der Waals surface area contributed by atoms with Crippen molar-refractivity contribution in [3.63, 3.8) is 0 Å². The maximum atomic E-state index is 5.26. The second kappa shape index (κ2) is 14.1. The van der Waals surface area contributed by atoms with Gasteiger partial charge in [-0.05, 0) is 91.0 Å². The molecular formula is C55H35N3. The van der Waals surface area contributed by atoms with E-state index >= 15 is 0 Å². The Balaban J connectivity index is 0.985. The van der Waals surface area contributed by atoms with E-state index in [2.05, 4.69) is 212 Å². The SMILES string of the molecule is c1ccc(-c2cc(-c3cccc(-c4ccc(-c5cc(-c6ccc7ccccc7c6)nc(-c6ccc7ccccc7c6)n5)cc4)c3)nc3ccc4ccccc4c23)cc1. The first-order valence-corrected chi connectivity index (χ1v) is 19.7. The third-order valence-electron chi connectivity index (χ3n) is 11.2. The van der Waals surface area contributed by atoms with Crippen LogP contribution < -0.4 is 0 Å². The number of fused-ring (bicyclic) bond motifs is 5. The number of pyridine rings is 1. The molecule has 0 unspecified atom stereocenters. The van der Waals surface area contributed by atoms with Crippen LogP contribution in [0.5, 0.6) is 0 Å². The van der Waals surface area contributed by atoms with E-state index in [-0.39, 0.29) is 0 Å². The van der Waals surface area contributed by atoms with E-state index in [1.54, 1.807) is 0 Å². The van der Waals surface area contributed by atoms with Crippen molar-refractivity contribution in [1.29, 1.82) is 0 Å². The Bertz CT molecular complexity index is 3240. The van der Waals surface area contributed by atoms with Gasteiger partial charge in [0.05, 0.1) is 22.6 Å². The zero-order valence-corrected chi connectivity index (χ0v) is 31.5. The van der Waals surface area contributed by atoms with E-state index in [4.69, 9.17) is 15.0 Å². The van der Waals surface area contributed by atoms with Crippen molar-refractivity contribution in [3.8, 4) is 67.4 Å². The summed E-state index contributed by atoms with van der Waals surface area (Å²) in [4.78, 5) is 15.6. The van der Waals surface area contributed by atoms with Gasteiger partial charge in [-0.25, -0.2) is 15.0 Å². The van der Waals surface area contributed by atoms with E-state index < -0.39 is 0 Å². The van der Waals surface area contributed by atoms with Gasteiger partial charge in [0.15, 0.2) is 5.82 Å². The lowest BCUT2D eigenvalue weighted by molar-refractivity contribution is 1.18. The molecule has 0 atom stereocenters. The molecule has 0 spiro atoms. The molecule has 9 aromatic carbocycles. The minimum Gasteiger partial charge on any atom is -0.248 e. The van der Waals surface area contributed by atoms with Crippen LogP contribution in [0.15, 0.2) is 212 Å². The summed E-state index contributed by atoms with van der Waals surface area (Å²) in [6.45, 7) is 0. The number of nitrogens with zero attached hydrogens (tertiary/aromatic N) is 3. The van der Waals surface area contributed by atoms with Crippen LogP contribution in [0.4, 0.5) is 0 Å². The number of aromatic nitrogens is 3. The Morgan fingerprint density at radius 2 is 0.776 bits per heavy atom. The highest BCUT2D eigenvalue weighted by molar-refractivity contribution is 6.13. The molecule has 0 aliphatic rings. The Morgan fingerprint density at radius 1 is 0.259 bits per heavy atom. The monoisotopic (exact) mass is 737 g/mol. The van der Waals surface area contributed by atoms with E-state index in [1.165, 1.54) is 43.4 Å². The smallest absolute Gasteiger partial charge is 0.160 e. The lowest BCUT2D eigenvalue weighted by Crippen LogP contribution is -1.96. The Morgan fingerprint density at radius 3 is 1.53 bits per heavy atom. The van der Waals surface area contributed by atoms with Crippen LogP contribution in [0.25, 0.3) is 111 Å². The molecule has 58 heavy (non-hydrogen) atoms. The molecule has 11 rings (SSSR count). The number of hydrogen-bond acceptors (Lipinski definition) is 3. The van der Waals surface area contributed by atoms with Crippen LogP contribution in [-0.2, 0) is 0 Å². The molecule has 270 valence electrons. The quantitative estimate of drug-likeness (QED) is 0.160. The van der Waals surface area contributed by atoms with Gasteiger partial charge >= 0.3 is 0 Å².